The van der Waals surface area contributed by atoms with Crippen LogP contribution in [-0.2, 0) is 0 Å². The van der Waals surface area contributed by atoms with Gasteiger partial charge in [-0.15, -0.1) is 0 Å². The van der Waals surface area contributed by atoms with Gasteiger partial charge in [0.25, 0.3) is 0 Å². The van der Waals surface area contributed by atoms with Gasteiger partial charge in [0.1, 0.15) is 0 Å². The largest absolute Gasteiger partial charge is 0.307 e. The molecule has 1 atom stereocenters. The van der Waals surface area contributed by atoms with Crippen molar-refractivity contribution in [1.82, 2.24) is 10.3 Å². The monoisotopic (exact) mass is 274 g/mol. The Morgan fingerprint density at radius 1 is 1.20 bits per heavy atom. The third-order valence-corrected chi connectivity index (χ3v) is 5.44. The van der Waals surface area contributed by atoms with E-state index in [1.807, 2.05) is 12.4 Å². The third-order valence-electron chi connectivity index (χ3n) is 5.44. The van der Waals surface area contributed by atoms with Crippen molar-refractivity contribution >= 4 is 0 Å². The Kier molecular flexibility index (Phi) is 5.20. The summed E-state index contributed by atoms with van der Waals surface area (Å²) in [6.45, 7) is 9.46. The first kappa shape index (κ1) is 15.5. The summed E-state index contributed by atoms with van der Waals surface area (Å²) >= 11 is 0. The van der Waals surface area contributed by atoms with Crippen LogP contribution in [0.4, 0.5) is 0 Å². The average molecular weight is 274 g/mol. The van der Waals surface area contributed by atoms with Crippen molar-refractivity contribution in [3.05, 3.63) is 30.1 Å². The van der Waals surface area contributed by atoms with E-state index >= 15 is 0 Å². The number of rotatable bonds is 5. The molecule has 0 radical (unpaired) electrons. The van der Waals surface area contributed by atoms with Crippen LogP contribution in [0.3, 0.4) is 0 Å². The van der Waals surface area contributed by atoms with Crippen molar-refractivity contribution < 1.29 is 0 Å². The van der Waals surface area contributed by atoms with Gasteiger partial charge in [-0.2, -0.15) is 0 Å². The molecule has 1 N–H and O–H groups in total. The van der Waals surface area contributed by atoms with Crippen molar-refractivity contribution in [3.8, 4) is 0 Å². The van der Waals surface area contributed by atoms with Gasteiger partial charge in [0, 0.05) is 24.5 Å². The average Bonchev–Trinajstić information content (AvgIpc) is 2.48. The number of nitrogens with one attached hydrogen (secondary N) is 1. The first-order valence-electron chi connectivity index (χ1n) is 8.19. The first-order chi connectivity index (χ1) is 9.53. The minimum Gasteiger partial charge on any atom is -0.307 e. The zero-order chi connectivity index (χ0) is 14.6. The highest BCUT2D eigenvalue weighted by atomic mass is 14.9. The van der Waals surface area contributed by atoms with E-state index in [1.54, 1.807) is 0 Å². The van der Waals surface area contributed by atoms with E-state index in [0.717, 1.165) is 5.92 Å². The molecule has 0 bridgehead atoms. The van der Waals surface area contributed by atoms with Crippen LogP contribution in [0.25, 0.3) is 0 Å². The normalized spacial score (nSPS) is 25.4. The number of hydrogen-bond acceptors (Lipinski definition) is 2. The summed E-state index contributed by atoms with van der Waals surface area (Å²) in [5.74, 6) is 0.904. The summed E-state index contributed by atoms with van der Waals surface area (Å²) in [6.07, 6.45) is 10.5. The molecule has 0 spiro atoms. The second-order valence-electron chi connectivity index (χ2n) is 7.06. The first-order valence-corrected chi connectivity index (χ1v) is 8.19. The van der Waals surface area contributed by atoms with E-state index in [4.69, 9.17) is 0 Å². The molecule has 1 aromatic heterocycles. The highest BCUT2D eigenvalue weighted by molar-refractivity contribution is 5.14. The van der Waals surface area contributed by atoms with Crippen molar-refractivity contribution in [1.29, 1.82) is 0 Å². The Morgan fingerprint density at radius 2 is 1.80 bits per heavy atom. The highest BCUT2D eigenvalue weighted by Crippen LogP contribution is 2.40. The fourth-order valence-corrected chi connectivity index (χ4v) is 3.43. The van der Waals surface area contributed by atoms with Crippen LogP contribution in [0, 0.1) is 11.3 Å². The van der Waals surface area contributed by atoms with Crippen molar-refractivity contribution in [3.63, 3.8) is 0 Å². The Morgan fingerprint density at radius 3 is 2.35 bits per heavy atom. The third kappa shape index (κ3) is 3.82. The predicted octanol–water partition coefficient (Wildman–Crippen LogP) is 4.73. The summed E-state index contributed by atoms with van der Waals surface area (Å²) in [5, 5.41) is 3.80. The summed E-state index contributed by atoms with van der Waals surface area (Å²) < 4.78 is 0. The van der Waals surface area contributed by atoms with Crippen LogP contribution in [0.5, 0.6) is 0 Å². The van der Waals surface area contributed by atoms with Crippen molar-refractivity contribution in [2.75, 3.05) is 0 Å². The van der Waals surface area contributed by atoms with Gasteiger partial charge in [-0.1, -0.05) is 27.2 Å². The zero-order valence-electron chi connectivity index (χ0n) is 13.5. The minimum absolute atomic E-state index is 0.429. The molecule has 20 heavy (non-hydrogen) atoms. The van der Waals surface area contributed by atoms with Crippen LogP contribution >= 0.6 is 0 Å². The lowest BCUT2D eigenvalue weighted by Crippen LogP contribution is -2.38. The number of hydrogen-bond donors (Lipinski definition) is 1. The van der Waals surface area contributed by atoms with Gasteiger partial charge in [0.15, 0.2) is 0 Å². The van der Waals surface area contributed by atoms with E-state index in [2.05, 4.69) is 50.1 Å². The number of pyridine rings is 1. The van der Waals surface area contributed by atoms with Gasteiger partial charge in [-0.25, -0.2) is 0 Å². The lowest BCUT2D eigenvalue weighted by Gasteiger charge is -2.39. The quantitative estimate of drug-likeness (QED) is 0.840. The Hall–Kier alpha value is -0.890. The molecule has 1 heterocycles. The second kappa shape index (κ2) is 6.71. The van der Waals surface area contributed by atoms with Gasteiger partial charge in [-0.05, 0) is 61.6 Å². The molecule has 0 aliphatic heterocycles. The van der Waals surface area contributed by atoms with Gasteiger partial charge in [-0.3, -0.25) is 4.98 Å². The molecule has 2 rings (SSSR count). The summed E-state index contributed by atoms with van der Waals surface area (Å²) in [6, 6.07) is 5.34. The molecule has 0 saturated heterocycles. The van der Waals surface area contributed by atoms with Crippen LogP contribution in [-0.4, -0.2) is 11.0 Å². The molecule has 0 amide bonds. The topological polar surface area (TPSA) is 24.9 Å². The molecule has 0 aromatic carbocycles. The number of aromatic nitrogens is 1. The molecule has 0 unspecified atom stereocenters. The lowest BCUT2D eigenvalue weighted by atomic mass is 9.69. The van der Waals surface area contributed by atoms with Crippen LogP contribution in [0.1, 0.15) is 71.4 Å². The van der Waals surface area contributed by atoms with Crippen LogP contribution in [0.2, 0.25) is 0 Å². The molecular formula is C18H30N2. The van der Waals surface area contributed by atoms with Crippen LogP contribution < -0.4 is 5.32 Å². The van der Waals surface area contributed by atoms with E-state index in [-0.39, 0.29) is 0 Å². The standard InChI is InChI=1S/C18H30N2/c1-5-18(3,4)16-6-8-17(9-7-16)20-14(2)15-10-12-19-13-11-15/h10-14,16-17,20H,5-9H2,1-4H3/t14-,16?,17?/m1/s1. The fraction of sp³-hybridized carbons (Fsp3) is 0.722. The summed E-state index contributed by atoms with van der Waals surface area (Å²) in [5.41, 5.74) is 1.86. The maximum Gasteiger partial charge on any atom is 0.0295 e. The highest BCUT2D eigenvalue weighted by Gasteiger charge is 2.31. The predicted molar refractivity (Wildman–Crippen MR) is 85.6 cm³/mol. The number of nitrogens with zero attached hydrogens (tertiary/aromatic N) is 1. The maximum absolute atomic E-state index is 4.09. The molecule has 1 aliphatic rings. The zero-order valence-corrected chi connectivity index (χ0v) is 13.5. The molecular weight excluding hydrogens is 244 g/mol. The van der Waals surface area contributed by atoms with Gasteiger partial charge in [0.05, 0.1) is 0 Å². The molecule has 2 heteroatoms. The molecule has 1 aliphatic carbocycles. The Labute approximate surface area is 124 Å². The van der Waals surface area contributed by atoms with Crippen molar-refractivity contribution in [2.45, 2.75) is 71.9 Å². The fourth-order valence-electron chi connectivity index (χ4n) is 3.43. The van der Waals surface area contributed by atoms with Gasteiger partial charge in [0.2, 0.25) is 0 Å². The van der Waals surface area contributed by atoms with Gasteiger partial charge < -0.3 is 5.32 Å². The van der Waals surface area contributed by atoms with E-state index < -0.39 is 0 Å². The van der Waals surface area contributed by atoms with E-state index in [9.17, 15) is 0 Å². The van der Waals surface area contributed by atoms with E-state index in [1.165, 1.54) is 37.7 Å². The SMILES string of the molecule is CCC(C)(C)C1CCC(N[C@H](C)c2ccncc2)CC1. The van der Waals surface area contributed by atoms with E-state index in [0.29, 0.717) is 17.5 Å². The molecule has 1 aromatic rings. The van der Waals surface area contributed by atoms with Crippen molar-refractivity contribution in [2.24, 2.45) is 11.3 Å². The molecule has 1 saturated carbocycles. The molecule has 1 fully saturated rings. The van der Waals surface area contributed by atoms with Gasteiger partial charge >= 0.3 is 0 Å². The smallest absolute Gasteiger partial charge is 0.0295 e. The minimum atomic E-state index is 0.429. The lowest BCUT2D eigenvalue weighted by molar-refractivity contribution is 0.134. The molecule has 112 valence electrons. The van der Waals surface area contributed by atoms with Crippen LogP contribution in [0.15, 0.2) is 24.5 Å². The molecule has 2 nitrogen and oxygen atoms in total. The Bertz CT molecular complexity index is 391. The summed E-state index contributed by atoms with van der Waals surface area (Å²) in [4.78, 5) is 4.09. The Balaban J connectivity index is 1.83. The second-order valence-corrected chi connectivity index (χ2v) is 7.06. The summed E-state index contributed by atoms with van der Waals surface area (Å²) in [7, 11) is 0. The maximum atomic E-state index is 4.09.